The molecule has 0 fully saturated rings. The van der Waals surface area contributed by atoms with Crippen LogP contribution in [-0.4, -0.2) is 33.2 Å². The Bertz CT molecular complexity index is 546. The largest absolute Gasteiger partial charge is 0.503 e. The molecule has 1 aliphatic rings. The Morgan fingerprint density at radius 3 is 2.75 bits per heavy atom. The molecule has 7 nitrogen and oxygen atoms in total. The fourth-order valence-corrected chi connectivity index (χ4v) is 1.59. The topological polar surface area (TPSA) is 109 Å². The minimum Gasteiger partial charge on any atom is -0.503 e. The number of hydrogen-bond acceptors (Lipinski definition) is 4. The smallest absolute Gasteiger partial charge is 0.341 e. The molecule has 0 saturated heterocycles. The van der Waals surface area contributed by atoms with Crippen LogP contribution in [0.3, 0.4) is 0 Å². The van der Waals surface area contributed by atoms with Gasteiger partial charge < -0.3 is 20.1 Å². The zero-order valence-electron chi connectivity index (χ0n) is 8.06. The second-order valence-corrected chi connectivity index (χ2v) is 3.32. The predicted molar refractivity (Wildman–Crippen MR) is 51.7 cm³/mol. The lowest BCUT2D eigenvalue weighted by molar-refractivity contribution is 0.0692. The van der Waals surface area contributed by atoms with Crippen LogP contribution in [0.5, 0.6) is 5.75 Å². The number of amides is 1. The molecule has 1 aromatic heterocycles. The second kappa shape index (κ2) is 3.37. The standard InChI is InChI=1S/C9H8N2O5/c12-6-4(9(15)16)3-11-2-1-10-8(14)5(11)7(6)13/h3,13H,1-2H2,(H,10,14)(H,15,16). The fourth-order valence-electron chi connectivity index (χ4n) is 1.59. The van der Waals surface area contributed by atoms with Gasteiger partial charge in [0.1, 0.15) is 5.56 Å². The third-order valence-corrected chi connectivity index (χ3v) is 2.34. The third kappa shape index (κ3) is 1.33. The zero-order chi connectivity index (χ0) is 11.9. The van der Waals surface area contributed by atoms with Crippen LogP contribution < -0.4 is 10.7 Å². The average molecular weight is 224 g/mol. The van der Waals surface area contributed by atoms with E-state index in [2.05, 4.69) is 5.32 Å². The van der Waals surface area contributed by atoms with E-state index in [1.54, 1.807) is 0 Å². The number of carboxylic acid groups (broad SMARTS) is 1. The summed E-state index contributed by atoms with van der Waals surface area (Å²) in [6, 6.07) is 0. The van der Waals surface area contributed by atoms with E-state index < -0.39 is 28.6 Å². The van der Waals surface area contributed by atoms with Crippen LogP contribution in [-0.2, 0) is 6.54 Å². The van der Waals surface area contributed by atoms with Crippen LogP contribution in [0, 0.1) is 0 Å². The van der Waals surface area contributed by atoms with Crippen molar-refractivity contribution in [2.45, 2.75) is 6.54 Å². The Hall–Kier alpha value is -2.31. The lowest BCUT2D eigenvalue weighted by Crippen LogP contribution is -2.38. The summed E-state index contributed by atoms with van der Waals surface area (Å²) in [7, 11) is 0. The van der Waals surface area contributed by atoms with E-state index in [1.807, 2.05) is 0 Å². The summed E-state index contributed by atoms with van der Waals surface area (Å²) in [5, 5.41) is 20.7. The molecule has 84 valence electrons. The Morgan fingerprint density at radius 2 is 2.12 bits per heavy atom. The Kier molecular flexibility index (Phi) is 2.15. The summed E-state index contributed by atoms with van der Waals surface area (Å²) in [5.74, 6) is -2.84. The van der Waals surface area contributed by atoms with Crippen molar-refractivity contribution in [2.75, 3.05) is 6.54 Å². The van der Waals surface area contributed by atoms with Crippen molar-refractivity contribution in [3.63, 3.8) is 0 Å². The molecule has 3 N–H and O–H groups in total. The molecule has 0 atom stereocenters. The molecule has 1 amide bonds. The highest BCUT2D eigenvalue weighted by Gasteiger charge is 2.25. The molecular formula is C9H8N2O5. The molecule has 0 aliphatic carbocycles. The van der Waals surface area contributed by atoms with E-state index in [1.165, 1.54) is 4.57 Å². The van der Waals surface area contributed by atoms with Crippen LogP contribution in [0.2, 0.25) is 0 Å². The monoisotopic (exact) mass is 224 g/mol. The van der Waals surface area contributed by atoms with Crippen molar-refractivity contribution >= 4 is 11.9 Å². The lowest BCUT2D eigenvalue weighted by atomic mass is 10.2. The number of nitrogens with zero attached hydrogens (tertiary/aromatic N) is 1. The Balaban J connectivity index is 2.76. The molecule has 16 heavy (non-hydrogen) atoms. The van der Waals surface area contributed by atoms with E-state index in [9.17, 15) is 19.5 Å². The Labute approximate surface area is 88.9 Å². The van der Waals surface area contributed by atoms with Crippen molar-refractivity contribution < 1.29 is 19.8 Å². The van der Waals surface area contributed by atoms with Gasteiger partial charge in [-0.1, -0.05) is 0 Å². The summed E-state index contributed by atoms with van der Waals surface area (Å²) < 4.78 is 1.26. The first-order valence-corrected chi connectivity index (χ1v) is 4.50. The molecule has 0 radical (unpaired) electrons. The van der Waals surface area contributed by atoms with Gasteiger partial charge >= 0.3 is 5.97 Å². The van der Waals surface area contributed by atoms with Gasteiger partial charge in [0.25, 0.3) is 5.91 Å². The lowest BCUT2D eigenvalue weighted by Gasteiger charge is -2.20. The van der Waals surface area contributed by atoms with Crippen molar-refractivity contribution in [1.82, 2.24) is 9.88 Å². The summed E-state index contributed by atoms with van der Waals surface area (Å²) >= 11 is 0. The molecule has 1 aliphatic heterocycles. The van der Waals surface area contributed by atoms with E-state index in [0.29, 0.717) is 13.1 Å². The van der Waals surface area contributed by atoms with E-state index in [4.69, 9.17) is 5.11 Å². The number of aromatic nitrogens is 1. The summed E-state index contributed by atoms with van der Waals surface area (Å²) in [6.07, 6.45) is 1.07. The average Bonchev–Trinajstić information content (AvgIpc) is 2.22. The van der Waals surface area contributed by atoms with Crippen molar-refractivity contribution in [3.8, 4) is 5.75 Å². The first-order valence-electron chi connectivity index (χ1n) is 4.50. The molecule has 0 saturated carbocycles. The van der Waals surface area contributed by atoms with Crippen molar-refractivity contribution in [2.24, 2.45) is 0 Å². The van der Waals surface area contributed by atoms with Crippen molar-refractivity contribution in [1.29, 1.82) is 0 Å². The number of aromatic carboxylic acids is 1. The maximum absolute atomic E-state index is 11.4. The molecular weight excluding hydrogens is 216 g/mol. The van der Waals surface area contributed by atoms with Gasteiger partial charge in [0.2, 0.25) is 5.43 Å². The molecule has 2 rings (SSSR count). The van der Waals surface area contributed by atoms with Crippen LogP contribution in [0.25, 0.3) is 0 Å². The number of aromatic hydroxyl groups is 1. The summed E-state index contributed by atoms with van der Waals surface area (Å²) in [5.41, 5.74) is -1.78. The van der Waals surface area contributed by atoms with Gasteiger partial charge in [-0.3, -0.25) is 9.59 Å². The van der Waals surface area contributed by atoms with Crippen LogP contribution in [0.4, 0.5) is 0 Å². The Morgan fingerprint density at radius 1 is 1.44 bits per heavy atom. The third-order valence-electron chi connectivity index (χ3n) is 2.34. The van der Waals surface area contributed by atoms with Crippen LogP contribution in [0.1, 0.15) is 20.8 Å². The first-order chi connectivity index (χ1) is 7.52. The number of nitrogens with one attached hydrogen (secondary N) is 1. The highest BCUT2D eigenvalue weighted by Crippen LogP contribution is 2.15. The maximum Gasteiger partial charge on any atom is 0.341 e. The van der Waals surface area contributed by atoms with Gasteiger partial charge in [0, 0.05) is 19.3 Å². The normalized spacial score (nSPS) is 14.1. The fraction of sp³-hybridized carbons (Fsp3) is 0.222. The first kappa shape index (κ1) is 10.2. The van der Waals surface area contributed by atoms with E-state index >= 15 is 0 Å². The second-order valence-electron chi connectivity index (χ2n) is 3.32. The predicted octanol–water partition coefficient (Wildman–Crippen LogP) is -1.00. The van der Waals surface area contributed by atoms with E-state index in [0.717, 1.165) is 6.20 Å². The van der Waals surface area contributed by atoms with Crippen LogP contribution >= 0.6 is 0 Å². The number of hydrogen-bond donors (Lipinski definition) is 3. The van der Waals surface area contributed by atoms with Gasteiger partial charge in [0.05, 0.1) is 0 Å². The maximum atomic E-state index is 11.4. The number of carbonyl (C=O) groups is 2. The number of carbonyl (C=O) groups excluding carboxylic acids is 1. The molecule has 1 aromatic rings. The van der Waals surface area contributed by atoms with Gasteiger partial charge in [-0.05, 0) is 0 Å². The minimum atomic E-state index is -1.43. The molecule has 0 bridgehead atoms. The number of pyridine rings is 1. The molecule has 7 heteroatoms. The minimum absolute atomic E-state index is 0.193. The summed E-state index contributed by atoms with van der Waals surface area (Å²) in [4.78, 5) is 33.5. The molecule has 0 spiro atoms. The van der Waals surface area contributed by atoms with Crippen molar-refractivity contribution in [3.05, 3.63) is 27.7 Å². The number of rotatable bonds is 1. The number of fused-ring (bicyclic) bond motifs is 1. The van der Waals surface area contributed by atoms with Gasteiger partial charge in [-0.2, -0.15) is 0 Å². The molecule has 2 heterocycles. The molecule has 0 aromatic carbocycles. The molecule has 0 unspecified atom stereocenters. The number of carboxylic acids is 1. The highest BCUT2D eigenvalue weighted by molar-refractivity contribution is 5.97. The van der Waals surface area contributed by atoms with Gasteiger partial charge in [0.15, 0.2) is 11.4 Å². The quantitative estimate of drug-likeness (QED) is 0.566. The van der Waals surface area contributed by atoms with Gasteiger partial charge in [-0.25, -0.2) is 4.79 Å². The van der Waals surface area contributed by atoms with Gasteiger partial charge in [-0.15, -0.1) is 0 Å². The SMILES string of the molecule is O=C(O)c1cn2c(c(O)c1=O)C(=O)NCC2. The van der Waals surface area contributed by atoms with E-state index in [-0.39, 0.29) is 5.69 Å². The zero-order valence-corrected chi connectivity index (χ0v) is 8.06. The highest BCUT2D eigenvalue weighted by atomic mass is 16.4. The van der Waals surface area contributed by atoms with Crippen LogP contribution in [0.15, 0.2) is 11.0 Å². The summed E-state index contributed by atoms with van der Waals surface area (Å²) in [6.45, 7) is 0.641.